The van der Waals surface area contributed by atoms with Gasteiger partial charge in [0.15, 0.2) is 0 Å². The number of hydrogen-bond donors (Lipinski definition) is 4. The van der Waals surface area contributed by atoms with E-state index in [0.717, 1.165) is 0 Å². The number of rotatable bonds is 7. The number of pyridine rings is 1. The van der Waals surface area contributed by atoms with Gasteiger partial charge in [0, 0.05) is 40.7 Å². The zero-order valence-electron chi connectivity index (χ0n) is 16.4. The average molecular weight is 441 g/mol. The molecule has 9 nitrogen and oxygen atoms in total. The molecule has 0 aliphatic carbocycles. The molecule has 0 spiro atoms. The lowest BCUT2D eigenvalue weighted by Gasteiger charge is -2.11. The predicted octanol–water partition coefficient (Wildman–Crippen LogP) is 2.84. The first-order valence-corrected chi connectivity index (χ1v) is 10.8. The first-order chi connectivity index (χ1) is 14.8. The number of hydrogen-bond acceptors (Lipinski definition) is 5. The Morgan fingerprint density at radius 3 is 2.74 bits per heavy atom. The third kappa shape index (κ3) is 3.97. The van der Waals surface area contributed by atoms with Crippen molar-refractivity contribution >= 4 is 43.5 Å². The summed E-state index contributed by atoms with van der Waals surface area (Å²) in [4.78, 5) is 29.0. The minimum Gasteiger partial charge on any atom is -0.497 e. The summed E-state index contributed by atoms with van der Waals surface area (Å²) < 4.78 is 33.3. The van der Waals surface area contributed by atoms with E-state index in [4.69, 9.17) is 9.84 Å². The zero-order valence-corrected chi connectivity index (χ0v) is 17.2. The molecule has 4 N–H and O–H groups in total. The summed E-state index contributed by atoms with van der Waals surface area (Å²) in [5.41, 5.74) is 1.45. The molecule has 0 radical (unpaired) electrons. The standard InChI is InChI=1S/C21H19N3O6S/c1-30-14-3-2-4-15(10-14)31(28,29)24-13-6-7-17-16(9-13)19-12(5-8-18(25)26)11-22-20(19)21(27)23-17/h2-4,6-7,9-11,22,24H,5,8H2,1H3,(H,23,27)(H,25,26). The van der Waals surface area contributed by atoms with Gasteiger partial charge in [-0.25, -0.2) is 8.42 Å². The first kappa shape index (κ1) is 20.5. The van der Waals surface area contributed by atoms with Gasteiger partial charge in [-0.15, -0.1) is 0 Å². The molecule has 0 saturated heterocycles. The highest BCUT2D eigenvalue weighted by Crippen LogP contribution is 2.29. The van der Waals surface area contributed by atoms with Crippen LogP contribution in [0.25, 0.3) is 21.8 Å². The lowest BCUT2D eigenvalue weighted by atomic mass is 10.0. The van der Waals surface area contributed by atoms with Crippen LogP contribution in [0.4, 0.5) is 5.69 Å². The highest BCUT2D eigenvalue weighted by Gasteiger charge is 2.17. The van der Waals surface area contributed by atoms with Crippen molar-refractivity contribution in [1.82, 2.24) is 9.97 Å². The molecule has 0 aliphatic heterocycles. The van der Waals surface area contributed by atoms with Gasteiger partial charge in [0.25, 0.3) is 15.6 Å². The molecule has 0 amide bonds. The summed E-state index contributed by atoms with van der Waals surface area (Å²) in [6.45, 7) is 0. The van der Waals surface area contributed by atoms with Gasteiger partial charge in [0.1, 0.15) is 11.3 Å². The quantitative estimate of drug-likeness (QED) is 0.347. The molecule has 0 saturated carbocycles. The SMILES string of the molecule is COc1cccc(S(=O)(=O)Nc2ccc3[nH]c(=O)c4[nH]cc(CCC(=O)O)c4c3c2)c1. The van der Waals surface area contributed by atoms with Crippen molar-refractivity contribution in [2.24, 2.45) is 0 Å². The molecule has 0 bridgehead atoms. The normalized spacial score (nSPS) is 11.6. The fourth-order valence-corrected chi connectivity index (χ4v) is 4.56. The van der Waals surface area contributed by atoms with Gasteiger partial charge in [0.05, 0.1) is 12.0 Å². The molecule has 0 atom stereocenters. The summed E-state index contributed by atoms with van der Waals surface area (Å²) in [6, 6.07) is 10.9. The van der Waals surface area contributed by atoms with E-state index in [1.807, 2.05) is 0 Å². The average Bonchev–Trinajstić information content (AvgIpc) is 3.17. The molecule has 4 rings (SSSR count). The first-order valence-electron chi connectivity index (χ1n) is 9.33. The van der Waals surface area contributed by atoms with Crippen molar-refractivity contribution in [3.05, 3.63) is 64.6 Å². The molecular formula is C21H19N3O6S. The van der Waals surface area contributed by atoms with E-state index < -0.39 is 16.0 Å². The molecule has 160 valence electrons. The summed E-state index contributed by atoms with van der Waals surface area (Å²) in [7, 11) is -2.43. The van der Waals surface area contributed by atoms with Crippen molar-refractivity contribution in [3.63, 3.8) is 0 Å². The number of ether oxygens (including phenoxy) is 1. The van der Waals surface area contributed by atoms with E-state index in [9.17, 15) is 18.0 Å². The van der Waals surface area contributed by atoms with Gasteiger partial charge < -0.3 is 19.8 Å². The number of nitrogens with one attached hydrogen (secondary N) is 3. The summed E-state index contributed by atoms with van der Waals surface area (Å²) in [5, 5.41) is 10.2. The number of methoxy groups -OCH3 is 1. The lowest BCUT2D eigenvalue weighted by Crippen LogP contribution is -2.13. The fourth-order valence-electron chi connectivity index (χ4n) is 3.48. The Morgan fingerprint density at radius 2 is 2.00 bits per heavy atom. The van der Waals surface area contributed by atoms with Gasteiger partial charge in [0.2, 0.25) is 0 Å². The Bertz CT molecular complexity index is 1470. The molecule has 10 heteroatoms. The summed E-state index contributed by atoms with van der Waals surface area (Å²) >= 11 is 0. The van der Waals surface area contributed by atoms with Gasteiger partial charge in [-0.05, 0) is 42.3 Å². The second-order valence-electron chi connectivity index (χ2n) is 6.96. The third-order valence-corrected chi connectivity index (χ3v) is 6.32. The number of anilines is 1. The number of sulfonamides is 1. The maximum atomic E-state index is 12.8. The van der Waals surface area contributed by atoms with Crippen LogP contribution in [0, 0.1) is 0 Å². The van der Waals surface area contributed by atoms with Crippen LogP contribution < -0.4 is 15.0 Å². The number of carboxylic acids is 1. The van der Waals surface area contributed by atoms with E-state index in [2.05, 4.69) is 14.7 Å². The Hall–Kier alpha value is -3.79. The molecular weight excluding hydrogens is 422 g/mol. The third-order valence-electron chi connectivity index (χ3n) is 4.94. The van der Waals surface area contributed by atoms with Crippen molar-refractivity contribution < 1.29 is 23.1 Å². The molecule has 0 aliphatic rings. The number of aromatic nitrogens is 2. The number of benzene rings is 2. The van der Waals surface area contributed by atoms with E-state index in [0.29, 0.717) is 38.8 Å². The zero-order chi connectivity index (χ0) is 22.2. The molecule has 0 unspecified atom stereocenters. The largest absolute Gasteiger partial charge is 0.497 e. The maximum Gasteiger partial charge on any atom is 0.303 e. The van der Waals surface area contributed by atoms with Crippen LogP contribution in [0.15, 0.2) is 58.4 Å². The second kappa shape index (κ2) is 7.80. The topological polar surface area (TPSA) is 141 Å². The summed E-state index contributed by atoms with van der Waals surface area (Å²) in [5.74, 6) is -0.536. The maximum absolute atomic E-state index is 12.8. The van der Waals surface area contributed by atoms with Crippen LogP contribution in [-0.4, -0.2) is 36.6 Å². The van der Waals surface area contributed by atoms with Crippen LogP contribution in [-0.2, 0) is 21.2 Å². The molecule has 0 fully saturated rings. The predicted molar refractivity (Wildman–Crippen MR) is 116 cm³/mol. The van der Waals surface area contributed by atoms with Gasteiger partial charge >= 0.3 is 5.97 Å². The Morgan fingerprint density at radius 1 is 1.19 bits per heavy atom. The van der Waals surface area contributed by atoms with Gasteiger partial charge in [-0.2, -0.15) is 0 Å². The number of aromatic amines is 2. The van der Waals surface area contributed by atoms with E-state index in [1.165, 1.54) is 19.2 Å². The highest BCUT2D eigenvalue weighted by molar-refractivity contribution is 7.92. The van der Waals surface area contributed by atoms with Gasteiger partial charge in [-0.3, -0.25) is 14.3 Å². The Labute approximate surface area is 176 Å². The van der Waals surface area contributed by atoms with Gasteiger partial charge in [-0.1, -0.05) is 6.07 Å². The van der Waals surface area contributed by atoms with Crippen LogP contribution in [0.1, 0.15) is 12.0 Å². The van der Waals surface area contributed by atoms with E-state index in [-0.39, 0.29) is 23.3 Å². The van der Waals surface area contributed by atoms with E-state index in [1.54, 1.807) is 36.5 Å². The molecule has 2 aromatic carbocycles. The molecule has 2 heterocycles. The van der Waals surface area contributed by atoms with Crippen molar-refractivity contribution in [1.29, 1.82) is 0 Å². The number of fused-ring (bicyclic) bond motifs is 3. The monoisotopic (exact) mass is 441 g/mol. The van der Waals surface area contributed by atoms with Crippen LogP contribution in [0.5, 0.6) is 5.75 Å². The molecule has 2 aromatic heterocycles. The van der Waals surface area contributed by atoms with Crippen LogP contribution >= 0.6 is 0 Å². The number of carboxylic acid groups (broad SMARTS) is 1. The Kier molecular flexibility index (Phi) is 5.15. The second-order valence-corrected chi connectivity index (χ2v) is 8.64. The Balaban J connectivity index is 1.80. The molecule has 4 aromatic rings. The number of H-pyrrole nitrogens is 2. The minimum absolute atomic E-state index is 0.0438. The number of aryl methyl sites for hydroxylation is 1. The van der Waals surface area contributed by atoms with Crippen molar-refractivity contribution in [2.75, 3.05) is 11.8 Å². The van der Waals surface area contributed by atoms with Crippen molar-refractivity contribution in [3.8, 4) is 5.75 Å². The minimum atomic E-state index is -3.88. The summed E-state index contributed by atoms with van der Waals surface area (Å²) in [6.07, 6.45) is 1.74. The van der Waals surface area contributed by atoms with E-state index >= 15 is 0 Å². The van der Waals surface area contributed by atoms with Crippen molar-refractivity contribution in [2.45, 2.75) is 17.7 Å². The molecule has 31 heavy (non-hydrogen) atoms. The lowest BCUT2D eigenvalue weighted by molar-refractivity contribution is -0.136. The number of aliphatic carboxylic acids is 1. The van der Waals surface area contributed by atoms with Crippen LogP contribution in [0.2, 0.25) is 0 Å². The highest BCUT2D eigenvalue weighted by atomic mass is 32.2. The van der Waals surface area contributed by atoms with Crippen LogP contribution in [0.3, 0.4) is 0 Å². The fraction of sp³-hybridized carbons (Fsp3) is 0.143. The smallest absolute Gasteiger partial charge is 0.303 e. The number of carbonyl (C=O) groups is 1.